The molecule has 1 aromatic rings. The first-order valence-electron chi connectivity index (χ1n) is 5.44. The minimum atomic E-state index is -0.686. The van der Waals surface area contributed by atoms with E-state index >= 15 is 0 Å². The summed E-state index contributed by atoms with van der Waals surface area (Å²) >= 11 is 0. The lowest BCUT2D eigenvalue weighted by Crippen LogP contribution is -2.27. The lowest BCUT2D eigenvalue weighted by molar-refractivity contribution is -0.141. The van der Waals surface area contributed by atoms with E-state index in [1.807, 2.05) is 13.0 Å². The summed E-state index contributed by atoms with van der Waals surface area (Å²) in [5.41, 5.74) is 0.999. The number of hydrogen-bond donors (Lipinski definition) is 1. The summed E-state index contributed by atoms with van der Waals surface area (Å²) in [6.07, 6.45) is 4.01. The molecular weight excluding hydrogens is 192 g/mol. The van der Waals surface area contributed by atoms with Gasteiger partial charge in [-0.2, -0.15) is 0 Å². The fourth-order valence-corrected chi connectivity index (χ4v) is 2.95. The summed E-state index contributed by atoms with van der Waals surface area (Å²) < 4.78 is 5.54. The first kappa shape index (κ1) is 9.01. The maximum atomic E-state index is 11.3. The molecule has 0 saturated heterocycles. The zero-order valence-electron chi connectivity index (χ0n) is 8.75. The maximum absolute atomic E-state index is 11.3. The van der Waals surface area contributed by atoms with Crippen LogP contribution in [0.1, 0.15) is 42.3 Å². The molecule has 3 heteroatoms. The monoisotopic (exact) mass is 206 g/mol. The molecule has 1 atom stereocenters. The molecule has 1 fully saturated rings. The number of fused-ring (bicyclic) bond motifs is 1. The summed E-state index contributed by atoms with van der Waals surface area (Å²) in [7, 11) is 0. The van der Waals surface area contributed by atoms with Crippen LogP contribution in [0.5, 0.6) is 0 Å². The second kappa shape index (κ2) is 2.65. The van der Waals surface area contributed by atoms with Gasteiger partial charge in [-0.05, 0) is 37.7 Å². The molecule has 1 spiro atoms. The highest BCUT2D eigenvalue weighted by atomic mass is 16.4. The average Bonchev–Trinajstić information content (AvgIpc) is 2.80. The Morgan fingerprint density at radius 2 is 2.27 bits per heavy atom. The van der Waals surface area contributed by atoms with Crippen molar-refractivity contribution in [3.05, 3.63) is 23.2 Å². The highest BCUT2D eigenvalue weighted by molar-refractivity contribution is 5.79. The van der Waals surface area contributed by atoms with Crippen LogP contribution < -0.4 is 0 Å². The van der Waals surface area contributed by atoms with E-state index in [9.17, 15) is 9.90 Å². The normalized spacial score (nSPS) is 26.3. The Bertz CT molecular complexity index is 426. The van der Waals surface area contributed by atoms with Crippen molar-refractivity contribution in [2.24, 2.45) is 5.41 Å². The van der Waals surface area contributed by atoms with Gasteiger partial charge in [-0.3, -0.25) is 4.79 Å². The third-order valence-corrected chi connectivity index (χ3v) is 3.88. The smallest absolute Gasteiger partial charge is 0.311 e. The molecule has 1 N–H and O–H groups in total. The van der Waals surface area contributed by atoms with E-state index in [2.05, 4.69) is 0 Å². The number of hydrogen-bond acceptors (Lipinski definition) is 2. The van der Waals surface area contributed by atoms with Gasteiger partial charge in [-0.25, -0.2) is 0 Å². The Balaban J connectivity index is 2.11. The largest absolute Gasteiger partial charge is 0.481 e. The minimum absolute atomic E-state index is 0.0646. The van der Waals surface area contributed by atoms with Crippen LogP contribution in [-0.4, -0.2) is 11.1 Å². The standard InChI is InChI=1S/C12H14O3/c1-7-6-8-9(15-7)2-3-12(4-5-12)10(8)11(13)14/h6,10H,2-5H2,1H3,(H,13,14). The van der Waals surface area contributed by atoms with E-state index in [0.717, 1.165) is 42.8 Å². The first-order chi connectivity index (χ1) is 7.12. The number of carboxylic acids is 1. The summed E-state index contributed by atoms with van der Waals surface area (Å²) in [6.45, 7) is 1.89. The summed E-state index contributed by atoms with van der Waals surface area (Å²) in [5.74, 6) is 0.731. The fourth-order valence-electron chi connectivity index (χ4n) is 2.95. The van der Waals surface area contributed by atoms with Crippen LogP contribution in [0.4, 0.5) is 0 Å². The lowest BCUT2D eigenvalue weighted by Gasteiger charge is -2.27. The van der Waals surface area contributed by atoms with Crippen molar-refractivity contribution in [1.29, 1.82) is 0 Å². The van der Waals surface area contributed by atoms with Crippen LogP contribution in [0.25, 0.3) is 0 Å². The number of aryl methyl sites for hydroxylation is 2. The predicted octanol–water partition coefficient (Wildman–Crippen LogP) is 2.48. The van der Waals surface area contributed by atoms with Gasteiger partial charge < -0.3 is 9.52 Å². The van der Waals surface area contributed by atoms with E-state index in [4.69, 9.17) is 4.42 Å². The van der Waals surface area contributed by atoms with E-state index in [-0.39, 0.29) is 11.3 Å². The topological polar surface area (TPSA) is 50.4 Å². The zero-order valence-corrected chi connectivity index (χ0v) is 8.75. The molecular formula is C12H14O3. The van der Waals surface area contributed by atoms with Gasteiger partial charge >= 0.3 is 5.97 Å². The van der Waals surface area contributed by atoms with Crippen LogP contribution in [-0.2, 0) is 11.2 Å². The van der Waals surface area contributed by atoms with Crippen LogP contribution >= 0.6 is 0 Å². The molecule has 80 valence electrons. The van der Waals surface area contributed by atoms with Gasteiger partial charge in [0.15, 0.2) is 0 Å². The Hall–Kier alpha value is -1.25. The molecule has 2 aliphatic carbocycles. The first-order valence-corrected chi connectivity index (χ1v) is 5.44. The van der Waals surface area contributed by atoms with Crippen molar-refractivity contribution in [3.63, 3.8) is 0 Å². The third kappa shape index (κ3) is 1.15. The number of carbonyl (C=O) groups is 1. The number of furan rings is 1. The summed E-state index contributed by atoms with van der Waals surface area (Å²) in [5, 5.41) is 9.33. The van der Waals surface area contributed by atoms with E-state index < -0.39 is 5.97 Å². The third-order valence-electron chi connectivity index (χ3n) is 3.88. The Kier molecular flexibility index (Phi) is 1.59. The van der Waals surface area contributed by atoms with Crippen LogP contribution in [0.3, 0.4) is 0 Å². The van der Waals surface area contributed by atoms with Crippen molar-refractivity contribution in [3.8, 4) is 0 Å². The molecule has 0 aliphatic heterocycles. The highest BCUT2D eigenvalue weighted by Gasteiger charge is 2.56. The second-order valence-corrected chi connectivity index (χ2v) is 4.87. The Morgan fingerprint density at radius 3 is 2.87 bits per heavy atom. The van der Waals surface area contributed by atoms with Crippen molar-refractivity contribution in [2.75, 3.05) is 0 Å². The van der Waals surface area contributed by atoms with Gasteiger partial charge in [0.25, 0.3) is 0 Å². The predicted molar refractivity (Wildman–Crippen MR) is 53.8 cm³/mol. The molecule has 0 aromatic carbocycles. The summed E-state index contributed by atoms with van der Waals surface area (Å²) in [4.78, 5) is 11.3. The van der Waals surface area contributed by atoms with E-state index in [1.165, 1.54) is 0 Å². The minimum Gasteiger partial charge on any atom is -0.481 e. The SMILES string of the molecule is Cc1cc2c(o1)CCC1(CC1)C2C(=O)O. The number of rotatable bonds is 1. The second-order valence-electron chi connectivity index (χ2n) is 4.87. The maximum Gasteiger partial charge on any atom is 0.311 e. The Morgan fingerprint density at radius 1 is 1.53 bits per heavy atom. The van der Waals surface area contributed by atoms with Gasteiger partial charge in [0.2, 0.25) is 0 Å². The van der Waals surface area contributed by atoms with Crippen molar-refractivity contribution in [1.82, 2.24) is 0 Å². The molecule has 0 bridgehead atoms. The van der Waals surface area contributed by atoms with Gasteiger partial charge in [0.05, 0.1) is 5.92 Å². The average molecular weight is 206 g/mol. The van der Waals surface area contributed by atoms with Gasteiger partial charge in [-0.15, -0.1) is 0 Å². The molecule has 1 unspecified atom stereocenters. The molecule has 2 aliphatic rings. The fraction of sp³-hybridized carbons (Fsp3) is 0.583. The van der Waals surface area contributed by atoms with Crippen molar-refractivity contribution >= 4 is 5.97 Å². The number of aliphatic carboxylic acids is 1. The van der Waals surface area contributed by atoms with E-state index in [0.29, 0.717) is 0 Å². The summed E-state index contributed by atoms with van der Waals surface area (Å²) in [6, 6.07) is 1.91. The van der Waals surface area contributed by atoms with Crippen LogP contribution in [0.15, 0.2) is 10.5 Å². The van der Waals surface area contributed by atoms with Crippen LogP contribution in [0.2, 0.25) is 0 Å². The quantitative estimate of drug-likeness (QED) is 0.768. The molecule has 0 amide bonds. The van der Waals surface area contributed by atoms with E-state index in [1.54, 1.807) is 0 Å². The number of carboxylic acid groups (broad SMARTS) is 1. The highest BCUT2D eigenvalue weighted by Crippen LogP contribution is 2.62. The van der Waals surface area contributed by atoms with Crippen LogP contribution in [0, 0.1) is 12.3 Å². The van der Waals surface area contributed by atoms with Gasteiger partial charge in [0, 0.05) is 12.0 Å². The molecule has 1 saturated carbocycles. The lowest BCUT2D eigenvalue weighted by atomic mass is 9.75. The molecule has 15 heavy (non-hydrogen) atoms. The molecule has 1 heterocycles. The van der Waals surface area contributed by atoms with Crippen molar-refractivity contribution < 1.29 is 14.3 Å². The van der Waals surface area contributed by atoms with Gasteiger partial charge in [0.1, 0.15) is 11.5 Å². The molecule has 0 radical (unpaired) electrons. The Labute approximate surface area is 88.1 Å². The molecule has 1 aromatic heterocycles. The van der Waals surface area contributed by atoms with Gasteiger partial charge in [-0.1, -0.05) is 0 Å². The molecule has 3 nitrogen and oxygen atoms in total. The zero-order chi connectivity index (χ0) is 10.6. The molecule has 3 rings (SSSR count). The van der Waals surface area contributed by atoms with Crippen molar-refractivity contribution in [2.45, 2.75) is 38.5 Å².